The first kappa shape index (κ1) is 18.1. The van der Waals surface area contributed by atoms with Gasteiger partial charge in [-0.2, -0.15) is 0 Å². The number of rotatable bonds is 5. The Morgan fingerprint density at radius 3 is 2.64 bits per heavy atom. The van der Waals surface area contributed by atoms with Crippen LogP contribution in [0.5, 0.6) is 0 Å². The zero-order valence-electron chi connectivity index (χ0n) is 12.5. The van der Waals surface area contributed by atoms with Crippen LogP contribution < -0.4 is 5.32 Å². The summed E-state index contributed by atoms with van der Waals surface area (Å²) in [6, 6.07) is 3.59. The molecule has 0 saturated heterocycles. The number of nitrogens with zero attached hydrogens (tertiary/aromatic N) is 1. The Morgan fingerprint density at radius 2 is 2.14 bits per heavy atom. The molecule has 1 atom stereocenters. The largest absolute Gasteiger partial charge is 0.444 e. The van der Waals surface area contributed by atoms with E-state index in [2.05, 4.69) is 21.2 Å². The molecule has 120 valence electrons. The summed E-state index contributed by atoms with van der Waals surface area (Å²) in [6.07, 6.45) is -0.244. The smallest absolute Gasteiger partial charge is 0.408 e. The Hall–Kier alpha value is -1.96. The van der Waals surface area contributed by atoms with Crippen LogP contribution in [-0.2, 0) is 9.53 Å². The van der Waals surface area contributed by atoms with Crippen molar-refractivity contribution in [1.29, 1.82) is 0 Å². The van der Waals surface area contributed by atoms with E-state index in [1.807, 2.05) is 0 Å². The molecule has 0 bridgehead atoms. The second kappa shape index (κ2) is 7.35. The van der Waals surface area contributed by atoms with Crippen LogP contribution in [0.25, 0.3) is 0 Å². The van der Waals surface area contributed by atoms with Crippen molar-refractivity contribution in [1.82, 2.24) is 5.32 Å². The average Bonchev–Trinajstić information content (AvgIpc) is 2.35. The molecule has 1 aromatic rings. The number of carbonyl (C=O) groups excluding carboxylic acids is 2. The number of benzene rings is 1. The summed E-state index contributed by atoms with van der Waals surface area (Å²) >= 11 is 3.16. The minimum Gasteiger partial charge on any atom is -0.444 e. The highest BCUT2D eigenvalue weighted by atomic mass is 79.9. The number of carbonyl (C=O) groups is 2. The van der Waals surface area contributed by atoms with Gasteiger partial charge in [0.15, 0.2) is 0 Å². The van der Waals surface area contributed by atoms with Gasteiger partial charge in [-0.3, -0.25) is 10.1 Å². The van der Waals surface area contributed by atoms with Crippen molar-refractivity contribution in [3.63, 3.8) is 0 Å². The van der Waals surface area contributed by atoms with E-state index in [9.17, 15) is 19.7 Å². The third-order valence-corrected chi connectivity index (χ3v) is 3.08. The highest BCUT2D eigenvalue weighted by Crippen LogP contribution is 2.30. The van der Waals surface area contributed by atoms with Crippen LogP contribution in [0.1, 0.15) is 38.8 Å². The average molecular weight is 373 g/mol. The maximum absolute atomic E-state index is 11.8. The molecule has 0 unspecified atom stereocenters. The van der Waals surface area contributed by atoms with Crippen LogP contribution in [0.4, 0.5) is 10.5 Å². The van der Waals surface area contributed by atoms with E-state index < -0.39 is 22.7 Å². The predicted octanol–water partition coefficient (Wildman–Crippen LogP) is 3.51. The van der Waals surface area contributed by atoms with Crippen molar-refractivity contribution in [2.45, 2.75) is 38.8 Å². The maximum atomic E-state index is 11.8. The molecular formula is C14H17BrN2O5. The Balaban J connectivity index is 3.08. The van der Waals surface area contributed by atoms with Gasteiger partial charge in [0.2, 0.25) is 0 Å². The minimum absolute atomic E-state index is 0.0955. The quantitative estimate of drug-likeness (QED) is 0.484. The topological polar surface area (TPSA) is 98.5 Å². The van der Waals surface area contributed by atoms with Gasteiger partial charge in [0.1, 0.15) is 11.9 Å². The molecule has 0 aliphatic heterocycles. The molecule has 0 saturated carbocycles. The highest BCUT2D eigenvalue weighted by molar-refractivity contribution is 9.10. The molecular weight excluding hydrogens is 356 g/mol. The molecule has 0 aliphatic rings. The van der Waals surface area contributed by atoms with Gasteiger partial charge in [-0.25, -0.2) is 4.79 Å². The van der Waals surface area contributed by atoms with Gasteiger partial charge in [0, 0.05) is 17.0 Å². The number of hydrogen-bond donors (Lipinski definition) is 1. The van der Waals surface area contributed by atoms with E-state index in [-0.39, 0.29) is 17.7 Å². The van der Waals surface area contributed by atoms with Gasteiger partial charge in [-0.1, -0.05) is 15.9 Å². The van der Waals surface area contributed by atoms with Gasteiger partial charge in [-0.15, -0.1) is 0 Å². The first-order valence-electron chi connectivity index (χ1n) is 6.51. The lowest BCUT2D eigenvalue weighted by Gasteiger charge is -2.23. The lowest BCUT2D eigenvalue weighted by Crippen LogP contribution is -2.35. The first-order chi connectivity index (χ1) is 10.1. The molecule has 8 heteroatoms. The molecule has 1 N–H and O–H groups in total. The fraction of sp³-hybridized carbons (Fsp3) is 0.429. The van der Waals surface area contributed by atoms with Crippen LogP contribution in [0.15, 0.2) is 22.7 Å². The molecule has 0 radical (unpaired) electrons. The van der Waals surface area contributed by atoms with Crippen molar-refractivity contribution in [2.75, 3.05) is 0 Å². The summed E-state index contributed by atoms with van der Waals surface area (Å²) in [6.45, 7) is 5.09. The van der Waals surface area contributed by atoms with Crippen molar-refractivity contribution in [3.05, 3.63) is 38.3 Å². The Morgan fingerprint density at radius 1 is 1.50 bits per heavy atom. The number of ether oxygens (including phenoxy) is 1. The van der Waals surface area contributed by atoms with Crippen LogP contribution in [0, 0.1) is 10.1 Å². The number of alkyl carbamates (subject to hydrolysis) is 1. The molecule has 1 rings (SSSR count). The molecule has 0 heterocycles. The fourth-order valence-electron chi connectivity index (χ4n) is 1.78. The van der Waals surface area contributed by atoms with Crippen molar-refractivity contribution in [3.8, 4) is 0 Å². The number of amides is 1. The van der Waals surface area contributed by atoms with E-state index in [1.54, 1.807) is 26.8 Å². The minimum atomic E-state index is -0.833. The fourth-order valence-corrected chi connectivity index (χ4v) is 2.13. The van der Waals surface area contributed by atoms with Crippen LogP contribution in [0.3, 0.4) is 0 Å². The normalized spacial score (nSPS) is 12.4. The number of nitrogens with one attached hydrogen (secondary N) is 1. The molecule has 0 spiro atoms. The van der Waals surface area contributed by atoms with E-state index in [0.717, 1.165) is 0 Å². The SMILES string of the molecule is CC(C)(C)OC(=O)N[C@@H](CC=O)c1ccc(Br)cc1[N+](=O)[O-]. The number of halogens is 1. The molecule has 1 aromatic carbocycles. The van der Waals surface area contributed by atoms with Gasteiger partial charge in [0.05, 0.1) is 16.5 Å². The van der Waals surface area contributed by atoms with Crippen molar-refractivity contribution >= 4 is 34.0 Å². The Kier molecular flexibility index (Phi) is 6.04. The third-order valence-electron chi connectivity index (χ3n) is 2.59. The molecule has 1 amide bonds. The summed E-state index contributed by atoms with van der Waals surface area (Å²) in [5.41, 5.74) is -0.648. The highest BCUT2D eigenvalue weighted by Gasteiger charge is 2.26. The first-order valence-corrected chi connectivity index (χ1v) is 7.30. The molecule has 22 heavy (non-hydrogen) atoms. The lowest BCUT2D eigenvalue weighted by atomic mass is 10.0. The number of hydrogen-bond acceptors (Lipinski definition) is 5. The number of aldehydes is 1. The molecule has 0 fully saturated rings. The third kappa shape index (κ3) is 5.44. The van der Waals surface area contributed by atoms with Gasteiger partial charge < -0.3 is 14.8 Å². The zero-order chi connectivity index (χ0) is 16.9. The van der Waals surface area contributed by atoms with E-state index >= 15 is 0 Å². The van der Waals surface area contributed by atoms with E-state index in [0.29, 0.717) is 10.8 Å². The van der Waals surface area contributed by atoms with Crippen molar-refractivity contribution < 1.29 is 19.2 Å². The van der Waals surface area contributed by atoms with Crippen LogP contribution in [0.2, 0.25) is 0 Å². The summed E-state index contributed by atoms with van der Waals surface area (Å²) < 4.78 is 5.65. The molecule has 7 nitrogen and oxygen atoms in total. The van der Waals surface area contributed by atoms with E-state index in [4.69, 9.17) is 4.74 Å². The lowest BCUT2D eigenvalue weighted by molar-refractivity contribution is -0.385. The van der Waals surface area contributed by atoms with Crippen LogP contribution in [-0.4, -0.2) is 22.9 Å². The van der Waals surface area contributed by atoms with Gasteiger partial charge >= 0.3 is 6.09 Å². The maximum Gasteiger partial charge on any atom is 0.408 e. The Bertz CT molecular complexity index is 583. The molecule has 0 aromatic heterocycles. The second-order valence-corrected chi connectivity index (χ2v) is 6.48. The number of nitro benzene ring substituents is 1. The van der Waals surface area contributed by atoms with E-state index in [1.165, 1.54) is 12.1 Å². The second-order valence-electron chi connectivity index (χ2n) is 5.56. The van der Waals surface area contributed by atoms with Crippen molar-refractivity contribution in [2.24, 2.45) is 0 Å². The predicted molar refractivity (Wildman–Crippen MR) is 83.6 cm³/mol. The molecule has 0 aliphatic carbocycles. The van der Waals surface area contributed by atoms with Crippen LogP contribution >= 0.6 is 15.9 Å². The standard InChI is InChI=1S/C14H17BrN2O5/c1-14(2,3)22-13(19)16-11(6-7-18)10-5-4-9(15)8-12(10)17(20)21/h4-5,7-8,11H,6H2,1-3H3,(H,16,19)/t11-/m0/s1. The Labute approximate surface area is 136 Å². The number of nitro groups is 1. The summed E-state index contributed by atoms with van der Waals surface area (Å²) in [5.74, 6) is 0. The zero-order valence-corrected chi connectivity index (χ0v) is 14.0. The monoisotopic (exact) mass is 372 g/mol. The van der Waals surface area contributed by atoms with Gasteiger partial charge in [-0.05, 0) is 32.9 Å². The summed E-state index contributed by atoms with van der Waals surface area (Å²) in [7, 11) is 0. The summed E-state index contributed by atoms with van der Waals surface area (Å²) in [5, 5.41) is 13.6. The summed E-state index contributed by atoms with van der Waals surface area (Å²) in [4.78, 5) is 33.3. The van der Waals surface area contributed by atoms with Gasteiger partial charge in [0.25, 0.3) is 5.69 Å².